The summed E-state index contributed by atoms with van der Waals surface area (Å²) in [5.41, 5.74) is 6.35. The summed E-state index contributed by atoms with van der Waals surface area (Å²) in [7, 11) is 3.55. The number of amides is 1. The molecule has 5 heteroatoms. The van der Waals surface area contributed by atoms with Crippen LogP contribution >= 0.6 is 11.3 Å². The number of nitrogens with zero attached hydrogens (tertiary/aromatic N) is 1. The van der Waals surface area contributed by atoms with Crippen LogP contribution in [0.3, 0.4) is 0 Å². The van der Waals surface area contributed by atoms with E-state index in [2.05, 4.69) is 17.2 Å². The maximum atomic E-state index is 11.2. The molecule has 1 aromatic heterocycles. The molecule has 0 saturated carbocycles. The summed E-state index contributed by atoms with van der Waals surface area (Å²) < 4.78 is 0. The van der Waals surface area contributed by atoms with Gasteiger partial charge in [-0.15, -0.1) is 11.3 Å². The predicted octanol–water partition coefficient (Wildman–Crippen LogP) is 0.236. The zero-order valence-electron chi connectivity index (χ0n) is 10.1. The van der Waals surface area contributed by atoms with E-state index in [1.165, 1.54) is 0 Å². The third-order valence-electron chi connectivity index (χ3n) is 2.18. The second-order valence-electron chi connectivity index (χ2n) is 3.61. The molecule has 1 aromatic rings. The summed E-state index contributed by atoms with van der Waals surface area (Å²) in [5, 5.41) is 4.61. The monoisotopic (exact) mass is 251 g/mol. The van der Waals surface area contributed by atoms with Crippen LogP contribution < -0.4 is 11.1 Å². The van der Waals surface area contributed by atoms with Gasteiger partial charge in [-0.3, -0.25) is 9.69 Å². The van der Waals surface area contributed by atoms with E-state index >= 15 is 0 Å². The van der Waals surface area contributed by atoms with E-state index in [-0.39, 0.29) is 5.91 Å². The Morgan fingerprint density at radius 2 is 2.41 bits per heavy atom. The fraction of sp³-hybridized carbons (Fsp3) is 0.417. The third-order valence-corrected chi connectivity index (χ3v) is 3.08. The van der Waals surface area contributed by atoms with Crippen molar-refractivity contribution in [3.8, 4) is 11.8 Å². The van der Waals surface area contributed by atoms with Gasteiger partial charge < -0.3 is 11.1 Å². The van der Waals surface area contributed by atoms with Crippen LogP contribution in [-0.4, -0.2) is 38.0 Å². The Balaban J connectivity index is 2.62. The van der Waals surface area contributed by atoms with Crippen LogP contribution in [0.25, 0.3) is 0 Å². The molecule has 0 aliphatic heterocycles. The van der Waals surface area contributed by atoms with Gasteiger partial charge in [0.1, 0.15) is 0 Å². The van der Waals surface area contributed by atoms with Gasteiger partial charge in [-0.05, 0) is 18.5 Å². The molecule has 1 rings (SSSR count). The van der Waals surface area contributed by atoms with Gasteiger partial charge in [0.05, 0.1) is 13.1 Å². The Bertz CT molecular complexity index is 430. The van der Waals surface area contributed by atoms with E-state index < -0.39 is 0 Å². The molecule has 0 fully saturated rings. The van der Waals surface area contributed by atoms with Gasteiger partial charge in [-0.2, -0.15) is 0 Å². The smallest absolute Gasteiger partial charge is 0.233 e. The van der Waals surface area contributed by atoms with E-state index in [0.29, 0.717) is 13.1 Å². The molecular weight excluding hydrogens is 234 g/mol. The molecular formula is C12H17N3OS. The van der Waals surface area contributed by atoms with Gasteiger partial charge in [-0.25, -0.2) is 0 Å². The Morgan fingerprint density at radius 3 is 3.06 bits per heavy atom. The first-order valence-corrected chi connectivity index (χ1v) is 6.19. The summed E-state index contributed by atoms with van der Waals surface area (Å²) in [6, 6.07) is 1.98. The van der Waals surface area contributed by atoms with E-state index in [1.807, 2.05) is 23.4 Å². The lowest BCUT2D eigenvalue weighted by Crippen LogP contribution is -2.32. The van der Waals surface area contributed by atoms with Crippen LogP contribution in [0.2, 0.25) is 0 Å². The molecule has 0 unspecified atom stereocenters. The minimum atomic E-state index is 0.0126. The van der Waals surface area contributed by atoms with Gasteiger partial charge in [0.25, 0.3) is 0 Å². The lowest BCUT2D eigenvalue weighted by molar-refractivity contribution is -0.121. The highest BCUT2D eigenvalue weighted by Gasteiger charge is 2.08. The number of rotatable bonds is 4. The molecule has 0 aromatic carbocycles. The van der Waals surface area contributed by atoms with Gasteiger partial charge >= 0.3 is 0 Å². The Labute approximate surface area is 106 Å². The SMILES string of the molecule is CNC(=O)CN(C)Cc1sccc1C#CCN. The molecule has 0 aliphatic rings. The van der Waals surface area contributed by atoms with Crippen molar-refractivity contribution in [2.45, 2.75) is 6.54 Å². The molecule has 0 atom stereocenters. The van der Waals surface area contributed by atoms with Gasteiger partial charge in [0.15, 0.2) is 0 Å². The highest BCUT2D eigenvalue weighted by Crippen LogP contribution is 2.17. The molecule has 0 bridgehead atoms. The standard InChI is InChI=1S/C12H17N3OS/c1-14-12(16)9-15(2)8-11-10(4-3-6-13)5-7-17-11/h5,7H,6,8-9,13H2,1-2H3,(H,14,16). The third kappa shape index (κ3) is 4.57. The minimum absolute atomic E-state index is 0.0126. The molecule has 1 heterocycles. The van der Waals surface area contributed by atoms with Crippen molar-refractivity contribution < 1.29 is 4.79 Å². The van der Waals surface area contributed by atoms with Crippen molar-refractivity contribution in [2.75, 3.05) is 27.2 Å². The maximum Gasteiger partial charge on any atom is 0.233 e. The summed E-state index contributed by atoms with van der Waals surface area (Å²) in [6.07, 6.45) is 0. The normalized spacial score (nSPS) is 9.88. The number of carbonyl (C=O) groups is 1. The molecule has 0 saturated heterocycles. The zero-order chi connectivity index (χ0) is 12.7. The summed E-state index contributed by atoms with van der Waals surface area (Å²) >= 11 is 1.65. The van der Waals surface area contributed by atoms with Crippen LogP contribution in [0.15, 0.2) is 11.4 Å². The van der Waals surface area contributed by atoms with E-state index in [4.69, 9.17) is 5.73 Å². The zero-order valence-corrected chi connectivity index (χ0v) is 10.9. The van der Waals surface area contributed by atoms with Crippen molar-refractivity contribution in [3.63, 3.8) is 0 Å². The van der Waals surface area contributed by atoms with Crippen LogP contribution in [0, 0.1) is 11.8 Å². The van der Waals surface area contributed by atoms with Crippen LogP contribution in [0.1, 0.15) is 10.4 Å². The number of thiophene rings is 1. The van der Waals surface area contributed by atoms with Crippen LogP contribution in [0.5, 0.6) is 0 Å². The molecule has 92 valence electrons. The fourth-order valence-electron chi connectivity index (χ4n) is 1.35. The second kappa shape index (κ2) is 7.07. The Hall–Kier alpha value is -1.35. The molecule has 0 radical (unpaired) electrons. The van der Waals surface area contributed by atoms with Gasteiger partial charge in [0.2, 0.25) is 5.91 Å². The maximum absolute atomic E-state index is 11.2. The van der Waals surface area contributed by atoms with Crippen molar-refractivity contribution in [2.24, 2.45) is 5.73 Å². The minimum Gasteiger partial charge on any atom is -0.358 e. The first kappa shape index (κ1) is 13.7. The molecule has 0 aliphatic carbocycles. The van der Waals surface area contributed by atoms with Gasteiger partial charge in [0, 0.05) is 24.0 Å². The Kier molecular flexibility index (Phi) is 5.70. The second-order valence-corrected chi connectivity index (χ2v) is 4.61. The van der Waals surface area contributed by atoms with Crippen molar-refractivity contribution in [1.29, 1.82) is 0 Å². The largest absolute Gasteiger partial charge is 0.358 e. The number of nitrogens with two attached hydrogens (primary N) is 1. The topological polar surface area (TPSA) is 58.4 Å². The number of hydrogen-bond acceptors (Lipinski definition) is 4. The molecule has 1 amide bonds. The quantitative estimate of drug-likeness (QED) is 0.754. The number of hydrogen-bond donors (Lipinski definition) is 2. The lowest BCUT2D eigenvalue weighted by atomic mass is 10.2. The lowest BCUT2D eigenvalue weighted by Gasteiger charge is -2.14. The molecule has 0 spiro atoms. The number of likely N-dealkylation sites (N-methyl/N-ethyl adjacent to an activating group) is 2. The Morgan fingerprint density at radius 1 is 1.65 bits per heavy atom. The summed E-state index contributed by atoms with van der Waals surface area (Å²) in [5.74, 6) is 5.89. The summed E-state index contributed by atoms with van der Waals surface area (Å²) in [6.45, 7) is 1.47. The van der Waals surface area contributed by atoms with E-state index in [9.17, 15) is 4.79 Å². The fourth-order valence-corrected chi connectivity index (χ4v) is 2.26. The van der Waals surface area contributed by atoms with Gasteiger partial charge in [-0.1, -0.05) is 11.8 Å². The average molecular weight is 251 g/mol. The van der Waals surface area contributed by atoms with Crippen molar-refractivity contribution in [1.82, 2.24) is 10.2 Å². The first-order chi connectivity index (χ1) is 8.17. The highest BCUT2D eigenvalue weighted by atomic mass is 32.1. The molecule has 4 nitrogen and oxygen atoms in total. The van der Waals surface area contributed by atoms with Crippen molar-refractivity contribution in [3.05, 3.63) is 21.9 Å². The van der Waals surface area contributed by atoms with Crippen LogP contribution in [-0.2, 0) is 11.3 Å². The summed E-state index contributed by atoms with van der Waals surface area (Å²) in [4.78, 5) is 14.3. The highest BCUT2D eigenvalue weighted by molar-refractivity contribution is 7.10. The predicted molar refractivity (Wildman–Crippen MR) is 70.7 cm³/mol. The first-order valence-electron chi connectivity index (χ1n) is 5.31. The van der Waals surface area contributed by atoms with E-state index in [0.717, 1.165) is 17.0 Å². The van der Waals surface area contributed by atoms with Crippen LogP contribution in [0.4, 0.5) is 0 Å². The number of nitrogens with one attached hydrogen (secondary N) is 1. The number of carbonyl (C=O) groups excluding carboxylic acids is 1. The van der Waals surface area contributed by atoms with E-state index in [1.54, 1.807) is 18.4 Å². The molecule has 3 N–H and O–H groups in total. The molecule has 17 heavy (non-hydrogen) atoms. The van der Waals surface area contributed by atoms with Crippen molar-refractivity contribution >= 4 is 17.2 Å². The average Bonchev–Trinajstić information content (AvgIpc) is 2.73.